The summed E-state index contributed by atoms with van der Waals surface area (Å²) in [6.45, 7) is 2.07. The monoisotopic (exact) mass is 580 g/mol. The van der Waals surface area contributed by atoms with Gasteiger partial charge < -0.3 is 9.84 Å². The number of hydrogen-bond donors (Lipinski definition) is 3. The summed E-state index contributed by atoms with van der Waals surface area (Å²) in [5.74, 6) is -0.404. The number of nitrogens with one attached hydrogen (secondary N) is 2. The van der Waals surface area contributed by atoms with Gasteiger partial charge in [-0.3, -0.25) is 9.44 Å². The largest absolute Gasteiger partial charge is 0.478 e. The Bertz CT molecular complexity index is 1690. The molecule has 0 atom stereocenters. The highest BCUT2D eigenvalue weighted by atomic mass is 32.2. The van der Waals surface area contributed by atoms with Gasteiger partial charge in [0.1, 0.15) is 11.5 Å². The van der Waals surface area contributed by atoms with Crippen molar-refractivity contribution in [3.8, 4) is 11.5 Å². The molecule has 0 aliphatic rings. The van der Waals surface area contributed by atoms with E-state index >= 15 is 0 Å². The lowest BCUT2D eigenvalue weighted by atomic mass is 10.1. The van der Waals surface area contributed by atoms with Gasteiger partial charge in [-0.05, 0) is 85.1 Å². The molecule has 40 heavy (non-hydrogen) atoms. The Hall–Kier alpha value is -4.35. The topological polar surface area (TPSA) is 139 Å². The highest BCUT2D eigenvalue weighted by molar-refractivity contribution is 7.93. The van der Waals surface area contributed by atoms with E-state index in [1.807, 2.05) is 18.2 Å². The van der Waals surface area contributed by atoms with Gasteiger partial charge in [-0.1, -0.05) is 43.7 Å². The summed E-state index contributed by atoms with van der Waals surface area (Å²) in [6, 6.07) is 24.6. The molecule has 208 valence electrons. The van der Waals surface area contributed by atoms with Crippen molar-refractivity contribution in [2.75, 3.05) is 9.44 Å². The van der Waals surface area contributed by atoms with Crippen LogP contribution in [-0.2, 0) is 26.5 Å². The summed E-state index contributed by atoms with van der Waals surface area (Å²) in [5, 5.41) is 9.72. The first kappa shape index (κ1) is 28.7. The maximum absolute atomic E-state index is 12.9. The van der Waals surface area contributed by atoms with Gasteiger partial charge in [-0.15, -0.1) is 0 Å². The number of carboxylic acid groups (broad SMARTS) is 1. The number of rotatable bonds is 12. The van der Waals surface area contributed by atoms with E-state index in [2.05, 4.69) is 16.4 Å². The maximum atomic E-state index is 12.9. The normalized spacial score (nSPS) is 11.5. The van der Waals surface area contributed by atoms with Crippen molar-refractivity contribution < 1.29 is 31.5 Å². The van der Waals surface area contributed by atoms with Gasteiger partial charge in [0.15, 0.2) is 0 Å². The van der Waals surface area contributed by atoms with E-state index in [9.17, 15) is 26.7 Å². The average molecular weight is 581 g/mol. The zero-order chi connectivity index (χ0) is 28.8. The molecule has 0 aromatic heterocycles. The van der Waals surface area contributed by atoms with E-state index in [1.54, 1.807) is 24.3 Å². The Morgan fingerprint density at radius 1 is 0.750 bits per heavy atom. The van der Waals surface area contributed by atoms with E-state index in [-0.39, 0.29) is 21.2 Å². The molecule has 0 spiro atoms. The number of para-hydroxylation sites is 1. The standard InChI is InChI=1S/C29H28N2O7S2/c1-2-3-7-21-10-15-25(16-11-21)40(36,37)31-28-19-12-22(20-27(28)29(32)33)30-39(34,35)26-17-13-24(14-18-26)38-23-8-5-4-6-9-23/h4-6,8-20,30-31H,2-3,7H2,1H3,(H,32,33). The lowest BCUT2D eigenvalue weighted by Gasteiger charge is -2.14. The van der Waals surface area contributed by atoms with Gasteiger partial charge in [0, 0.05) is 5.69 Å². The third kappa shape index (κ3) is 7.19. The van der Waals surface area contributed by atoms with Crippen molar-refractivity contribution in [1.82, 2.24) is 0 Å². The molecule has 0 fully saturated rings. The zero-order valence-corrected chi connectivity index (χ0v) is 23.2. The maximum Gasteiger partial charge on any atom is 0.337 e. The van der Waals surface area contributed by atoms with Crippen LogP contribution in [0.4, 0.5) is 11.4 Å². The predicted octanol–water partition coefficient (Wildman–Crippen LogP) is 6.12. The van der Waals surface area contributed by atoms with Crippen LogP contribution in [0.15, 0.2) is 107 Å². The molecular formula is C29H28N2O7S2. The molecule has 3 N–H and O–H groups in total. The van der Waals surface area contributed by atoms with E-state index in [0.29, 0.717) is 11.5 Å². The molecule has 0 bridgehead atoms. The Morgan fingerprint density at radius 3 is 1.93 bits per heavy atom. The predicted molar refractivity (Wildman–Crippen MR) is 153 cm³/mol. The van der Waals surface area contributed by atoms with Crippen molar-refractivity contribution >= 4 is 37.4 Å². The van der Waals surface area contributed by atoms with Gasteiger partial charge in [0.05, 0.1) is 21.0 Å². The minimum atomic E-state index is -4.09. The minimum Gasteiger partial charge on any atom is -0.478 e. The van der Waals surface area contributed by atoms with Crippen molar-refractivity contribution in [3.63, 3.8) is 0 Å². The van der Waals surface area contributed by atoms with Gasteiger partial charge in [-0.2, -0.15) is 0 Å². The molecule has 0 saturated heterocycles. The second-order valence-electron chi connectivity index (χ2n) is 8.91. The molecule has 0 aliphatic carbocycles. The van der Waals surface area contributed by atoms with E-state index in [1.165, 1.54) is 48.5 Å². The average Bonchev–Trinajstić information content (AvgIpc) is 2.93. The van der Waals surface area contributed by atoms with Gasteiger partial charge in [-0.25, -0.2) is 21.6 Å². The molecule has 9 nitrogen and oxygen atoms in total. The first-order valence-electron chi connectivity index (χ1n) is 12.4. The number of aromatic carboxylic acids is 1. The molecule has 0 amide bonds. The van der Waals surface area contributed by atoms with Gasteiger partial charge in [0.25, 0.3) is 20.0 Å². The van der Waals surface area contributed by atoms with Crippen molar-refractivity contribution in [2.24, 2.45) is 0 Å². The minimum absolute atomic E-state index is 0.0199. The first-order valence-corrected chi connectivity index (χ1v) is 15.4. The summed E-state index contributed by atoms with van der Waals surface area (Å²) in [4.78, 5) is 11.8. The van der Waals surface area contributed by atoms with Gasteiger partial charge in [0.2, 0.25) is 0 Å². The fourth-order valence-corrected chi connectivity index (χ4v) is 5.95. The Kier molecular flexibility index (Phi) is 8.76. The summed E-state index contributed by atoms with van der Waals surface area (Å²) in [6.07, 6.45) is 2.83. The second kappa shape index (κ2) is 12.2. The van der Waals surface area contributed by atoms with Crippen molar-refractivity contribution in [1.29, 1.82) is 0 Å². The number of anilines is 2. The van der Waals surface area contributed by atoms with Crippen LogP contribution in [0, 0.1) is 0 Å². The lowest BCUT2D eigenvalue weighted by molar-refractivity contribution is 0.0698. The number of sulfonamides is 2. The number of hydrogen-bond acceptors (Lipinski definition) is 6. The van der Waals surface area contributed by atoms with Crippen molar-refractivity contribution in [2.45, 2.75) is 36.0 Å². The van der Waals surface area contributed by atoms with E-state index in [0.717, 1.165) is 30.9 Å². The van der Waals surface area contributed by atoms with Gasteiger partial charge >= 0.3 is 5.97 Å². The zero-order valence-electron chi connectivity index (χ0n) is 21.6. The van der Waals surface area contributed by atoms with Crippen molar-refractivity contribution in [3.05, 3.63) is 108 Å². The summed E-state index contributed by atoms with van der Waals surface area (Å²) in [5.41, 5.74) is 0.329. The van der Waals surface area contributed by atoms with Crippen LogP contribution in [0.5, 0.6) is 11.5 Å². The molecular weight excluding hydrogens is 552 g/mol. The van der Waals surface area contributed by atoms with E-state index in [4.69, 9.17) is 4.74 Å². The second-order valence-corrected chi connectivity index (χ2v) is 12.3. The number of carboxylic acids is 1. The SMILES string of the molecule is CCCCc1ccc(S(=O)(=O)Nc2ccc(NS(=O)(=O)c3ccc(Oc4ccccc4)cc3)cc2C(=O)O)cc1. The number of aryl methyl sites for hydroxylation is 1. The third-order valence-corrected chi connectivity index (χ3v) is 8.69. The molecule has 0 aliphatic heterocycles. The van der Waals surface area contributed by atoms with Crippen LogP contribution in [0.3, 0.4) is 0 Å². The molecule has 0 radical (unpaired) electrons. The fraction of sp³-hybridized carbons (Fsp3) is 0.138. The number of ether oxygens (including phenoxy) is 1. The van der Waals surface area contributed by atoms with Crippen LogP contribution in [-0.4, -0.2) is 27.9 Å². The molecule has 11 heteroatoms. The number of unbranched alkanes of at least 4 members (excludes halogenated alkanes) is 1. The molecule has 0 heterocycles. The Labute approximate surface area is 233 Å². The van der Waals surface area contributed by atoms with Crippen LogP contribution < -0.4 is 14.2 Å². The lowest BCUT2D eigenvalue weighted by Crippen LogP contribution is -2.17. The van der Waals surface area contributed by atoms with E-state index < -0.39 is 31.6 Å². The van der Waals surface area contributed by atoms with Crippen LogP contribution in [0.25, 0.3) is 0 Å². The Balaban J connectivity index is 1.50. The first-order chi connectivity index (χ1) is 19.1. The third-order valence-electron chi connectivity index (χ3n) is 5.91. The highest BCUT2D eigenvalue weighted by Crippen LogP contribution is 2.27. The number of benzene rings is 4. The fourth-order valence-electron chi connectivity index (χ4n) is 3.82. The molecule has 0 saturated carbocycles. The molecule has 4 rings (SSSR count). The molecule has 0 unspecified atom stereocenters. The summed E-state index contributed by atoms with van der Waals surface area (Å²) in [7, 11) is -8.17. The van der Waals surface area contributed by atoms with Crippen LogP contribution in [0.2, 0.25) is 0 Å². The molecule has 4 aromatic carbocycles. The summed E-state index contributed by atoms with van der Waals surface area (Å²) < 4.78 is 62.0. The smallest absolute Gasteiger partial charge is 0.337 e. The quantitative estimate of drug-likeness (QED) is 0.183. The number of carbonyl (C=O) groups is 1. The van der Waals surface area contributed by atoms with Crippen LogP contribution in [0.1, 0.15) is 35.7 Å². The highest BCUT2D eigenvalue weighted by Gasteiger charge is 2.21. The molecule has 4 aromatic rings. The summed E-state index contributed by atoms with van der Waals surface area (Å²) >= 11 is 0. The Morgan fingerprint density at radius 2 is 1.32 bits per heavy atom. The van der Waals surface area contributed by atoms with Crippen LogP contribution >= 0.6 is 0 Å².